The highest BCUT2D eigenvalue weighted by molar-refractivity contribution is 5.68. The number of methoxy groups -OCH3 is 1. The molecule has 0 spiro atoms. The van der Waals surface area contributed by atoms with Gasteiger partial charge in [-0.2, -0.15) is 0 Å². The fraction of sp³-hybridized carbons (Fsp3) is 0.125. The molecule has 0 fully saturated rings. The van der Waals surface area contributed by atoms with Crippen LogP contribution in [0.3, 0.4) is 0 Å². The molecule has 0 saturated carbocycles. The quantitative estimate of drug-likeness (QED) is 0.670. The van der Waals surface area contributed by atoms with Crippen LogP contribution in [0.15, 0.2) is 65.0 Å². The number of aliphatic hydroxyl groups excluding tert-OH is 4. The number of allylic oxidation sites excluding steroid dienone is 1. The Morgan fingerprint density at radius 2 is 1.86 bits per heavy atom. The third-order valence-electron chi connectivity index (χ3n) is 3.46. The zero-order chi connectivity index (χ0) is 15.9. The molecule has 1 aliphatic carbocycles. The first-order valence-electron chi connectivity index (χ1n) is 6.51. The number of fused-ring (bicyclic) bond motifs is 1. The standard InChI is InChI=1S/C16H14O6/c1-21-9-4-2-3-8(5-9)16-12(18)6-10-13(22-16)7-11(17)15(20)14(10)19/h2-7,13,17-20H,1H3. The molecule has 1 aromatic rings. The molecule has 0 bridgehead atoms. The van der Waals surface area contributed by atoms with Crippen molar-refractivity contribution in [1.82, 2.24) is 0 Å². The molecule has 1 heterocycles. The second-order valence-corrected chi connectivity index (χ2v) is 4.83. The second-order valence-electron chi connectivity index (χ2n) is 4.83. The first-order chi connectivity index (χ1) is 10.5. The Morgan fingerprint density at radius 1 is 1.09 bits per heavy atom. The number of aliphatic hydroxyl groups is 4. The summed E-state index contributed by atoms with van der Waals surface area (Å²) in [5.74, 6) is -1.07. The van der Waals surface area contributed by atoms with Crippen molar-refractivity contribution in [2.75, 3.05) is 7.11 Å². The summed E-state index contributed by atoms with van der Waals surface area (Å²) < 4.78 is 10.8. The Kier molecular flexibility index (Phi) is 3.21. The van der Waals surface area contributed by atoms with Crippen LogP contribution in [0.2, 0.25) is 0 Å². The van der Waals surface area contributed by atoms with Gasteiger partial charge in [0.15, 0.2) is 29.1 Å². The van der Waals surface area contributed by atoms with Crippen LogP contribution in [-0.2, 0) is 4.74 Å². The lowest BCUT2D eigenvalue weighted by Crippen LogP contribution is -2.24. The summed E-state index contributed by atoms with van der Waals surface area (Å²) in [5.41, 5.74) is 0.748. The normalized spacial score (nSPS) is 20.9. The van der Waals surface area contributed by atoms with Crippen LogP contribution in [0, 0.1) is 0 Å². The third kappa shape index (κ3) is 2.14. The van der Waals surface area contributed by atoms with Crippen LogP contribution in [0.1, 0.15) is 5.56 Å². The summed E-state index contributed by atoms with van der Waals surface area (Å²) in [4.78, 5) is 0. The summed E-state index contributed by atoms with van der Waals surface area (Å²) in [6.45, 7) is 0. The first kappa shape index (κ1) is 13.9. The van der Waals surface area contributed by atoms with E-state index in [0.29, 0.717) is 11.3 Å². The highest BCUT2D eigenvalue weighted by Gasteiger charge is 2.33. The Labute approximate surface area is 126 Å². The lowest BCUT2D eigenvalue weighted by Gasteiger charge is -2.28. The molecule has 4 N–H and O–H groups in total. The van der Waals surface area contributed by atoms with E-state index in [2.05, 4.69) is 0 Å². The molecule has 22 heavy (non-hydrogen) atoms. The molecule has 1 aliphatic heterocycles. The van der Waals surface area contributed by atoms with E-state index < -0.39 is 23.4 Å². The number of rotatable bonds is 2. The lowest BCUT2D eigenvalue weighted by atomic mass is 9.96. The van der Waals surface area contributed by atoms with Gasteiger partial charge in [-0.1, -0.05) is 12.1 Å². The Balaban J connectivity index is 2.07. The van der Waals surface area contributed by atoms with Gasteiger partial charge < -0.3 is 29.9 Å². The average molecular weight is 302 g/mol. The van der Waals surface area contributed by atoms with Crippen molar-refractivity contribution in [3.05, 3.63) is 70.6 Å². The van der Waals surface area contributed by atoms with Crippen molar-refractivity contribution < 1.29 is 29.9 Å². The molecule has 6 nitrogen and oxygen atoms in total. The van der Waals surface area contributed by atoms with Gasteiger partial charge in [0, 0.05) is 17.2 Å². The van der Waals surface area contributed by atoms with E-state index in [1.54, 1.807) is 24.3 Å². The maximum Gasteiger partial charge on any atom is 0.200 e. The van der Waals surface area contributed by atoms with Gasteiger partial charge in [0.05, 0.1) is 7.11 Å². The molecule has 1 atom stereocenters. The van der Waals surface area contributed by atoms with Gasteiger partial charge in [0.2, 0.25) is 5.76 Å². The maximum absolute atomic E-state index is 10.1. The van der Waals surface area contributed by atoms with Gasteiger partial charge in [0.25, 0.3) is 0 Å². The van der Waals surface area contributed by atoms with Crippen molar-refractivity contribution in [2.24, 2.45) is 0 Å². The van der Waals surface area contributed by atoms with E-state index in [0.717, 1.165) is 0 Å². The predicted molar refractivity (Wildman–Crippen MR) is 78.5 cm³/mol. The molecule has 3 rings (SSSR count). The molecular formula is C16H14O6. The first-order valence-corrected chi connectivity index (χ1v) is 6.51. The Bertz CT molecular complexity index is 754. The van der Waals surface area contributed by atoms with E-state index >= 15 is 0 Å². The number of benzene rings is 1. The van der Waals surface area contributed by atoms with Gasteiger partial charge >= 0.3 is 0 Å². The Hall–Kier alpha value is -3.02. The molecule has 114 valence electrons. The zero-order valence-electron chi connectivity index (χ0n) is 11.6. The van der Waals surface area contributed by atoms with Crippen molar-refractivity contribution in [1.29, 1.82) is 0 Å². The van der Waals surface area contributed by atoms with E-state index in [1.165, 1.54) is 19.3 Å². The minimum absolute atomic E-state index is 0.166. The lowest BCUT2D eigenvalue weighted by molar-refractivity contribution is 0.191. The summed E-state index contributed by atoms with van der Waals surface area (Å²) in [5, 5.41) is 39.1. The predicted octanol–water partition coefficient (Wildman–Crippen LogP) is 3.03. The van der Waals surface area contributed by atoms with E-state index in [9.17, 15) is 20.4 Å². The van der Waals surface area contributed by atoms with Crippen LogP contribution < -0.4 is 4.74 Å². The molecule has 0 amide bonds. The molecule has 0 radical (unpaired) electrons. The fourth-order valence-electron chi connectivity index (χ4n) is 2.33. The SMILES string of the molecule is COc1cccc(C2=C(O)C=C3C(O)=C(O)C(O)=CC3O2)c1. The molecular weight excluding hydrogens is 288 g/mol. The monoisotopic (exact) mass is 302 g/mol. The van der Waals surface area contributed by atoms with Crippen LogP contribution in [0.5, 0.6) is 5.75 Å². The maximum atomic E-state index is 10.1. The van der Waals surface area contributed by atoms with E-state index in [4.69, 9.17) is 9.47 Å². The number of ether oxygens (including phenoxy) is 2. The minimum atomic E-state index is -0.812. The van der Waals surface area contributed by atoms with Crippen molar-refractivity contribution in [3.63, 3.8) is 0 Å². The minimum Gasteiger partial charge on any atom is -0.504 e. The summed E-state index contributed by atoms with van der Waals surface area (Å²) >= 11 is 0. The number of hydrogen-bond donors (Lipinski definition) is 4. The van der Waals surface area contributed by atoms with Gasteiger partial charge in [0.1, 0.15) is 5.75 Å². The topological polar surface area (TPSA) is 99.4 Å². The zero-order valence-corrected chi connectivity index (χ0v) is 11.6. The molecule has 1 aromatic carbocycles. The van der Waals surface area contributed by atoms with Gasteiger partial charge in [-0.3, -0.25) is 0 Å². The fourth-order valence-corrected chi connectivity index (χ4v) is 2.33. The highest BCUT2D eigenvalue weighted by atomic mass is 16.5. The second kappa shape index (κ2) is 5.07. The van der Waals surface area contributed by atoms with E-state index in [1.807, 2.05) is 0 Å². The average Bonchev–Trinajstić information content (AvgIpc) is 2.53. The van der Waals surface area contributed by atoms with Crippen LogP contribution in [-0.4, -0.2) is 33.6 Å². The van der Waals surface area contributed by atoms with Crippen molar-refractivity contribution >= 4 is 5.76 Å². The molecule has 6 heteroatoms. The van der Waals surface area contributed by atoms with Crippen molar-refractivity contribution in [2.45, 2.75) is 6.10 Å². The number of hydrogen-bond acceptors (Lipinski definition) is 6. The van der Waals surface area contributed by atoms with E-state index in [-0.39, 0.29) is 17.1 Å². The van der Waals surface area contributed by atoms with Crippen LogP contribution >= 0.6 is 0 Å². The van der Waals surface area contributed by atoms with Crippen LogP contribution in [0.4, 0.5) is 0 Å². The van der Waals surface area contributed by atoms with Crippen LogP contribution in [0.25, 0.3) is 5.76 Å². The van der Waals surface area contributed by atoms with Crippen molar-refractivity contribution in [3.8, 4) is 5.75 Å². The molecule has 1 unspecified atom stereocenters. The van der Waals surface area contributed by atoms with Gasteiger partial charge in [-0.25, -0.2) is 0 Å². The van der Waals surface area contributed by atoms with Gasteiger partial charge in [-0.05, 0) is 18.2 Å². The summed E-state index contributed by atoms with van der Waals surface area (Å²) in [7, 11) is 1.53. The van der Waals surface area contributed by atoms with Gasteiger partial charge in [-0.15, -0.1) is 0 Å². The molecule has 0 saturated heterocycles. The Morgan fingerprint density at radius 3 is 2.59 bits per heavy atom. The summed E-state index contributed by atoms with van der Waals surface area (Å²) in [6, 6.07) is 6.91. The third-order valence-corrected chi connectivity index (χ3v) is 3.46. The highest BCUT2D eigenvalue weighted by Crippen LogP contribution is 2.37. The smallest absolute Gasteiger partial charge is 0.200 e. The summed E-state index contributed by atoms with van der Waals surface area (Å²) in [6.07, 6.45) is 1.72. The molecule has 0 aromatic heterocycles. The largest absolute Gasteiger partial charge is 0.504 e. The molecule has 2 aliphatic rings.